The number of ether oxygens (including phenoxy) is 1. The third-order valence-electron chi connectivity index (χ3n) is 6.32. The summed E-state index contributed by atoms with van der Waals surface area (Å²) in [5.41, 5.74) is 13.2. The topological polar surface area (TPSA) is 57.2 Å². The number of aromatic nitrogens is 1. The van der Waals surface area contributed by atoms with Crippen LogP contribution in [0.4, 0.5) is 0 Å². The first-order valence-corrected chi connectivity index (χ1v) is 11.2. The zero-order chi connectivity index (χ0) is 22.9. The molecule has 0 radical (unpaired) electrons. The number of primary amides is 1. The minimum absolute atomic E-state index is 0.410. The van der Waals surface area contributed by atoms with Crippen molar-refractivity contribution in [2.24, 2.45) is 5.73 Å². The molecule has 0 fully saturated rings. The molecule has 4 nitrogen and oxygen atoms in total. The van der Waals surface area contributed by atoms with Crippen LogP contribution >= 0.6 is 0 Å². The Kier molecular flexibility index (Phi) is 5.35. The second-order valence-electron chi connectivity index (χ2n) is 8.28. The molecule has 2 N–H and O–H groups in total. The number of aryl methyl sites for hydroxylation is 1. The van der Waals surface area contributed by atoms with E-state index in [4.69, 9.17) is 10.5 Å². The summed E-state index contributed by atoms with van der Waals surface area (Å²) >= 11 is 0. The molecule has 1 heterocycles. The highest BCUT2D eigenvalue weighted by Crippen LogP contribution is 2.35. The molecular weight excluding hydrogens is 408 g/mol. The molecule has 5 rings (SSSR count). The minimum Gasteiger partial charge on any atom is -0.497 e. The fraction of sp³-hybridized carbons (Fsp3) is 0.138. The Labute approximate surface area is 193 Å². The van der Waals surface area contributed by atoms with Crippen molar-refractivity contribution in [3.63, 3.8) is 0 Å². The quantitative estimate of drug-likeness (QED) is 0.347. The molecule has 0 aliphatic heterocycles. The van der Waals surface area contributed by atoms with Crippen LogP contribution < -0.4 is 10.5 Å². The largest absolute Gasteiger partial charge is 0.497 e. The monoisotopic (exact) mass is 434 g/mol. The van der Waals surface area contributed by atoms with Crippen LogP contribution in [0.2, 0.25) is 0 Å². The van der Waals surface area contributed by atoms with E-state index in [-0.39, 0.29) is 0 Å². The van der Waals surface area contributed by atoms with Crippen LogP contribution in [0, 0.1) is 0 Å². The molecule has 0 bridgehead atoms. The van der Waals surface area contributed by atoms with Gasteiger partial charge in [0.15, 0.2) is 0 Å². The summed E-state index contributed by atoms with van der Waals surface area (Å²) in [5.74, 6) is 0.419. The lowest BCUT2D eigenvalue weighted by Crippen LogP contribution is -2.11. The van der Waals surface area contributed by atoms with Gasteiger partial charge < -0.3 is 15.0 Å². The van der Waals surface area contributed by atoms with E-state index in [9.17, 15) is 4.79 Å². The van der Waals surface area contributed by atoms with Crippen LogP contribution in [0.25, 0.3) is 32.9 Å². The summed E-state index contributed by atoms with van der Waals surface area (Å²) in [5, 5.41) is 1.94. The van der Waals surface area contributed by atoms with Crippen LogP contribution in [-0.2, 0) is 13.0 Å². The van der Waals surface area contributed by atoms with Gasteiger partial charge in [0.25, 0.3) is 0 Å². The Morgan fingerprint density at radius 2 is 1.58 bits per heavy atom. The SMILES string of the molecule is CCc1cccc(Cn2c3cc(-c4ccc(OC)cc4)ccc3c3c(C(N)=O)cccc32)c1. The molecule has 0 aliphatic carbocycles. The van der Waals surface area contributed by atoms with Crippen molar-refractivity contribution in [3.05, 3.63) is 102 Å². The van der Waals surface area contributed by atoms with Gasteiger partial charge in [-0.15, -0.1) is 0 Å². The van der Waals surface area contributed by atoms with Crippen LogP contribution in [0.1, 0.15) is 28.4 Å². The summed E-state index contributed by atoms with van der Waals surface area (Å²) in [6.07, 6.45) is 0.994. The minimum atomic E-state index is -0.410. The van der Waals surface area contributed by atoms with Gasteiger partial charge >= 0.3 is 0 Å². The molecule has 0 spiro atoms. The maximum atomic E-state index is 12.3. The fourth-order valence-corrected chi connectivity index (χ4v) is 4.61. The second-order valence-corrected chi connectivity index (χ2v) is 8.28. The molecule has 4 heteroatoms. The normalized spacial score (nSPS) is 11.2. The summed E-state index contributed by atoms with van der Waals surface area (Å²) in [4.78, 5) is 12.3. The number of benzene rings is 4. The van der Waals surface area contributed by atoms with E-state index in [1.165, 1.54) is 11.1 Å². The van der Waals surface area contributed by atoms with E-state index in [0.29, 0.717) is 12.1 Å². The van der Waals surface area contributed by atoms with E-state index in [1.54, 1.807) is 7.11 Å². The third kappa shape index (κ3) is 3.74. The molecule has 1 amide bonds. The number of rotatable bonds is 6. The average molecular weight is 435 g/mol. The van der Waals surface area contributed by atoms with Gasteiger partial charge in [-0.25, -0.2) is 0 Å². The predicted octanol–water partition coefficient (Wildman–Crippen LogP) is 6.18. The van der Waals surface area contributed by atoms with Gasteiger partial charge in [-0.1, -0.05) is 61.5 Å². The molecule has 1 aromatic heterocycles. The summed E-state index contributed by atoms with van der Waals surface area (Å²) < 4.78 is 7.60. The zero-order valence-electron chi connectivity index (χ0n) is 18.8. The Morgan fingerprint density at radius 3 is 2.30 bits per heavy atom. The van der Waals surface area contributed by atoms with Gasteiger partial charge in [0.05, 0.1) is 18.1 Å². The number of amides is 1. The van der Waals surface area contributed by atoms with Crippen molar-refractivity contribution < 1.29 is 9.53 Å². The first-order valence-electron chi connectivity index (χ1n) is 11.2. The van der Waals surface area contributed by atoms with Gasteiger partial charge in [-0.2, -0.15) is 0 Å². The fourth-order valence-electron chi connectivity index (χ4n) is 4.61. The molecule has 4 aromatic carbocycles. The highest BCUT2D eigenvalue weighted by molar-refractivity contribution is 6.18. The molecule has 5 aromatic rings. The Bertz CT molecular complexity index is 1480. The van der Waals surface area contributed by atoms with Gasteiger partial charge in [0.2, 0.25) is 5.91 Å². The van der Waals surface area contributed by atoms with E-state index in [2.05, 4.69) is 72.2 Å². The van der Waals surface area contributed by atoms with Gasteiger partial charge in [0, 0.05) is 22.9 Å². The van der Waals surface area contributed by atoms with Crippen molar-refractivity contribution in [1.29, 1.82) is 0 Å². The number of carbonyl (C=O) groups excluding carboxylic acids is 1. The highest BCUT2D eigenvalue weighted by atomic mass is 16.5. The lowest BCUT2D eigenvalue weighted by atomic mass is 10.0. The van der Waals surface area contributed by atoms with E-state index < -0.39 is 5.91 Å². The Hall–Kier alpha value is -4.05. The number of hydrogen-bond acceptors (Lipinski definition) is 2. The smallest absolute Gasteiger partial charge is 0.249 e. The van der Waals surface area contributed by atoms with Crippen LogP contribution in [0.15, 0.2) is 84.9 Å². The van der Waals surface area contributed by atoms with Crippen LogP contribution in [0.3, 0.4) is 0 Å². The lowest BCUT2D eigenvalue weighted by Gasteiger charge is -2.10. The molecule has 164 valence electrons. The predicted molar refractivity (Wildman–Crippen MR) is 135 cm³/mol. The van der Waals surface area contributed by atoms with Crippen molar-refractivity contribution in [2.75, 3.05) is 7.11 Å². The summed E-state index contributed by atoms with van der Waals surface area (Å²) in [7, 11) is 1.67. The van der Waals surface area contributed by atoms with E-state index in [0.717, 1.165) is 45.1 Å². The zero-order valence-corrected chi connectivity index (χ0v) is 18.8. The number of methoxy groups -OCH3 is 1. The van der Waals surface area contributed by atoms with Gasteiger partial charge in [-0.3, -0.25) is 4.79 Å². The first kappa shape index (κ1) is 20.8. The molecule has 0 saturated carbocycles. The Balaban J connectivity index is 1.75. The van der Waals surface area contributed by atoms with Crippen molar-refractivity contribution in [2.45, 2.75) is 19.9 Å². The van der Waals surface area contributed by atoms with Crippen molar-refractivity contribution in [3.8, 4) is 16.9 Å². The maximum Gasteiger partial charge on any atom is 0.249 e. The van der Waals surface area contributed by atoms with Crippen LogP contribution in [-0.4, -0.2) is 17.6 Å². The molecule has 0 atom stereocenters. The molecular formula is C29H26N2O2. The molecule has 0 aliphatic rings. The summed E-state index contributed by atoms with van der Waals surface area (Å²) in [6.45, 7) is 2.88. The third-order valence-corrected chi connectivity index (χ3v) is 6.32. The average Bonchev–Trinajstić information content (AvgIpc) is 3.17. The van der Waals surface area contributed by atoms with E-state index >= 15 is 0 Å². The van der Waals surface area contributed by atoms with E-state index in [1.807, 2.05) is 24.3 Å². The first-order chi connectivity index (χ1) is 16.1. The van der Waals surface area contributed by atoms with Gasteiger partial charge in [0.1, 0.15) is 5.75 Å². The number of hydrogen-bond donors (Lipinski definition) is 1. The van der Waals surface area contributed by atoms with Gasteiger partial charge in [-0.05, 0) is 59.0 Å². The molecule has 0 unspecified atom stereocenters. The van der Waals surface area contributed by atoms with Crippen molar-refractivity contribution in [1.82, 2.24) is 4.57 Å². The lowest BCUT2D eigenvalue weighted by molar-refractivity contribution is 0.100. The standard InChI is InChI=1S/C29H26N2O2/c1-3-19-6-4-7-20(16-19)18-31-26-9-5-8-25(29(30)32)28(26)24-15-12-22(17-27(24)31)21-10-13-23(33-2)14-11-21/h4-17H,3,18H2,1-2H3,(H2,30,32). The second kappa shape index (κ2) is 8.47. The molecule has 33 heavy (non-hydrogen) atoms. The Morgan fingerprint density at radius 1 is 0.848 bits per heavy atom. The summed E-state index contributed by atoms with van der Waals surface area (Å²) in [6, 6.07) is 28.9. The maximum absolute atomic E-state index is 12.3. The number of nitrogens with two attached hydrogens (primary N) is 1. The van der Waals surface area contributed by atoms with Crippen molar-refractivity contribution >= 4 is 27.7 Å². The number of fused-ring (bicyclic) bond motifs is 3. The van der Waals surface area contributed by atoms with Crippen LogP contribution in [0.5, 0.6) is 5.75 Å². The number of nitrogens with zero attached hydrogens (tertiary/aromatic N) is 1. The highest BCUT2D eigenvalue weighted by Gasteiger charge is 2.17. The number of carbonyl (C=O) groups is 1. The molecule has 0 saturated heterocycles.